The van der Waals surface area contributed by atoms with Crippen molar-refractivity contribution in [3.63, 3.8) is 0 Å². The van der Waals surface area contributed by atoms with Gasteiger partial charge in [-0.05, 0) is 82.7 Å². The molecule has 12 nitrogen and oxygen atoms in total. The molecule has 3 aromatic rings. The monoisotopic (exact) mass is 710 g/mol. The van der Waals surface area contributed by atoms with Crippen molar-refractivity contribution in [2.75, 3.05) is 39.9 Å². The molecule has 2 atom stereocenters. The number of carboxylic acids is 1. The Morgan fingerprint density at radius 3 is 2.54 bits per heavy atom. The first-order valence-corrected chi connectivity index (χ1v) is 19.2. The van der Waals surface area contributed by atoms with Crippen LogP contribution in [0.1, 0.15) is 87.6 Å². The number of nitrogens with one attached hydrogen (secondary N) is 1. The molecular weight excluding hydrogens is 660 g/mol. The van der Waals surface area contributed by atoms with Gasteiger partial charge in [0.05, 0.1) is 30.0 Å². The molecule has 2 N–H and O–H groups in total. The van der Waals surface area contributed by atoms with Crippen molar-refractivity contribution in [1.29, 1.82) is 0 Å². The van der Waals surface area contributed by atoms with Crippen molar-refractivity contribution in [1.82, 2.24) is 18.5 Å². The summed E-state index contributed by atoms with van der Waals surface area (Å²) in [5.41, 5.74) is 3.25. The van der Waals surface area contributed by atoms with Crippen LogP contribution >= 0.6 is 0 Å². The van der Waals surface area contributed by atoms with Crippen LogP contribution in [0, 0.1) is 0 Å². The number of carboxylic acid groups (broad SMARTS) is 1. The number of likely N-dealkylation sites (tertiary alicyclic amines) is 1. The van der Waals surface area contributed by atoms with Gasteiger partial charge in [0.1, 0.15) is 24.1 Å². The number of fused-ring (bicyclic) bond motifs is 5. The number of nitrogens with zero attached hydrogens (tertiary/aromatic N) is 3. The summed E-state index contributed by atoms with van der Waals surface area (Å²) >= 11 is 0. The zero-order valence-corrected chi connectivity index (χ0v) is 30.3. The lowest BCUT2D eigenvalue weighted by Crippen LogP contribution is -2.47. The molecule has 3 aliphatic rings. The van der Waals surface area contributed by atoms with Crippen LogP contribution in [-0.2, 0) is 26.2 Å². The first kappa shape index (κ1) is 36.2. The van der Waals surface area contributed by atoms with Gasteiger partial charge in [0, 0.05) is 37.1 Å². The molecule has 2 fully saturated rings. The predicted octanol–water partition coefficient (Wildman–Crippen LogP) is 6.00. The highest BCUT2D eigenvalue weighted by molar-refractivity contribution is 7.87. The standard InChI is InChI=1S/C37H50N4O8S/c1-37(2,3)49-36(44)38-50(45,46)39(4)20-21-40-19-11-14-26(40)23-47-27-22-41-30-17-9-8-15-28(30)32(25-12-6-5-7-13-25)34(41)33-29(35(42)43)16-10-18-31(33)48-24-27/h8-10,15-18,25-27H,5-7,11-14,19-24H2,1-4H3,(H,38,44)(H,42,43)/t26?,27-/m0/s1. The van der Waals surface area contributed by atoms with Gasteiger partial charge in [0.25, 0.3) is 0 Å². The number of aromatic nitrogens is 1. The average Bonchev–Trinajstić information content (AvgIpc) is 3.64. The van der Waals surface area contributed by atoms with E-state index in [1.54, 1.807) is 32.9 Å². The van der Waals surface area contributed by atoms with Crippen molar-refractivity contribution in [3.05, 3.63) is 53.6 Å². The molecule has 6 rings (SSSR count). The maximum Gasteiger partial charge on any atom is 0.422 e. The van der Waals surface area contributed by atoms with Gasteiger partial charge in [-0.1, -0.05) is 43.5 Å². The van der Waals surface area contributed by atoms with Gasteiger partial charge in [-0.25, -0.2) is 14.3 Å². The predicted molar refractivity (Wildman–Crippen MR) is 191 cm³/mol. The highest BCUT2D eigenvalue weighted by Gasteiger charge is 2.34. The third-order valence-corrected chi connectivity index (χ3v) is 11.5. The SMILES string of the molecule is CN(CCN1CCCC1CO[C@@H]1COc2cccc(C(=O)O)c2-c2c(C3CCCCC3)c3ccccc3n2C1)S(=O)(=O)NC(=O)OC(C)(C)C. The number of rotatable bonds is 10. The minimum absolute atomic E-state index is 0.0833. The summed E-state index contributed by atoms with van der Waals surface area (Å²) in [6.45, 7) is 7.68. The maximum absolute atomic E-state index is 12.8. The van der Waals surface area contributed by atoms with Gasteiger partial charge in [0.2, 0.25) is 0 Å². The zero-order valence-electron chi connectivity index (χ0n) is 29.5. The van der Waals surface area contributed by atoms with Gasteiger partial charge in [-0.15, -0.1) is 0 Å². The molecule has 1 saturated heterocycles. The van der Waals surface area contributed by atoms with Crippen LogP contribution in [0.15, 0.2) is 42.5 Å². The smallest absolute Gasteiger partial charge is 0.422 e. The second-order valence-corrected chi connectivity index (χ2v) is 16.5. The quantitative estimate of drug-likeness (QED) is 0.260. The first-order chi connectivity index (χ1) is 23.8. The van der Waals surface area contributed by atoms with Crippen LogP contribution in [0.4, 0.5) is 4.79 Å². The number of hydrogen-bond donors (Lipinski definition) is 2. The number of benzene rings is 2. The minimum Gasteiger partial charge on any atom is -0.490 e. The van der Waals surface area contributed by atoms with Crippen molar-refractivity contribution >= 4 is 33.2 Å². The van der Waals surface area contributed by atoms with Gasteiger partial charge in [-0.2, -0.15) is 12.7 Å². The zero-order chi connectivity index (χ0) is 35.6. The molecule has 272 valence electrons. The van der Waals surface area contributed by atoms with Crippen LogP contribution in [-0.4, -0.2) is 97.0 Å². The second-order valence-electron chi connectivity index (χ2n) is 14.7. The number of para-hydroxylation sites is 1. The Balaban J connectivity index is 1.21. The number of carbonyl (C=O) groups excluding carboxylic acids is 1. The number of aromatic carboxylic acids is 1. The van der Waals surface area contributed by atoms with E-state index in [4.69, 9.17) is 14.2 Å². The molecular formula is C37H50N4O8S. The van der Waals surface area contributed by atoms with Crippen LogP contribution in [0.25, 0.3) is 22.2 Å². The number of hydrogen-bond acceptors (Lipinski definition) is 8. The largest absolute Gasteiger partial charge is 0.490 e. The lowest BCUT2D eigenvalue weighted by molar-refractivity contribution is -0.0142. The van der Waals surface area contributed by atoms with Crippen LogP contribution in [0.5, 0.6) is 5.75 Å². The summed E-state index contributed by atoms with van der Waals surface area (Å²) < 4.78 is 49.1. The lowest BCUT2D eigenvalue weighted by atomic mass is 9.81. The van der Waals surface area contributed by atoms with Crippen LogP contribution < -0.4 is 9.46 Å². The van der Waals surface area contributed by atoms with Gasteiger partial charge < -0.3 is 23.9 Å². The fourth-order valence-electron chi connectivity index (χ4n) is 7.70. The Bertz CT molecular complexity index is 1810. The molecule has 0 bridgehead atoms. The number of amides is 1. The van der Waals surface area contributed by atoms with Gasteiger partial charge in [-0.3, -0.25) is 4.90 Å². The minimum atomic E-state index is -4.07. The number of ether oxygens (including phenoxy) is 3. The summed E-state index contributed by atoms with van der Waals surface area (Å²) in [7, 11) is -2.63. The van der Waals surface area contributed by atoms with Crippen molar-refractivity contribution in [3.8, 4) is 17.0 Å². The molecule has 13 heteroatoms. The fraction of sp³-hybridized carbons (Fsp3) is 0.568. The Labute approximate surface area is 294 Å². The van der Waals surface area contributed by atoms with Crippen molar-refractivity contribution in [2.24, 2.45) is 0 Å². The Morgan fingerprint density at radius 1 is 1.04 bits per heavy atom. The summed E-state index contributed by atoms with van der Waals surface area (Å²) in [6, 6.07) is 13.7. The molecule has 1 aliphatic carbocycles. The molecule has 2 aromatic carbocycles. The van der Waals surface area contributed by atoms with E-state index in [0.29, 0.717) is 36.9 Å². The normalized spacial score (nSPS) is 20.5. The summed E-state index contributed by atoms with van der Waals surface area (Å²) in [4.78, 5) is 27.0. The van der Waals surface area contributed by atoms with E-state index < -0.39 is 27.9 Å². The molecule has 3 heterocycles. The molecule has 0 radical (unpaired) electrons. The third kappa shape index (κ3) is 7.96. The van der Waals surface area contributed by atoms with Crippen LogP contribution in [0.2, 0.25) is 0 Å². The highest BCUT2D eigenvalue weighted by Crippen LogP contribution is 2.48. The van der Waals surface area contributed by atoms with E-state index >= 15 is 0 Å². The van der Waals surface area contributed by atoms with Gasteiger partial charge in [0.15, 0.2) is 0 Å². The average molecular weight is 711 g/mol. The second kappa shape index (κ2) is 14.9. The molecule has 50 heavy (non-hydrogen) atoms. The summed E-state index contributed by atoms with van der Waals surface area (Å²) in [6.07, 6.45) is 6.21. The molecule has 0 spiro atoms. The molecule has 1 aromatic heterocycles. The third-order valence-electron chi connectivity index (χ3n) is 10.1. The Hall–Kier alpha value is -3.65. The van der Waals surface area contributed by atoms with Crippen molar-refractivity contribution in [2.45, 2.75) is 95.9 Å². The van der Waals surface area contributed by atoms with E-state index in [2.05, 4.69) is 27.7 Å². The molecule has 1 amide bonds. The van der Waals surface area contributed by atoms with E-state index in [1.807, 2.05) is 16.9 Å². The molecule has 1 saturated carbocycles. The van der Waals surface area contributed by atoms with Crippen molar-refractivity contribution < 1.29 is 37.3 Å². The number of carbonyl (C=O) groups is 2. The Kier molecular flexibility index (Phi) is 10.8. The fourth-order valence-corrected chi connectivity index (χ4v) is 8.43. The number of likely N-dealkylation sites (N-methyl/N-ethyl adjacent to an activating group) is 1. The first-order valence-electron chi connectivity index (χ1n) is 17.8. The van der Waals surface area contributed by atoms with Gasteiger partial charge >= 0.3 is 22.3 Å². The van der Waals surface area contributed by atoms with E-state index in [1.165, 1.54) is 19.0 Å². The Morgan fingerprint density at radius 2 is 1.80 bits per heavy atom. The summed E-state index contributed by atoms with van der Waals surface area (Å²) in [5, 5.41) is 11.5. The molecule has 1 unspecified atom stereocenters. The van der Waals surface area contributed by atoms with E-state index in [0.717, 1.165) is 66.0 Å². The van der Waals surface area contributed by atoms with E-state index in [9.17, 15) is 23.1 Å². The summed E-state index contributed by atoms with van der Waals surface area (Å²) in [5.74, 6) is -0.108. The lowest BCUT2D eigenvalue weighted by Gasteiger charge is -2.31. The maximum atomic E-state index is 12.8. The molecule has 2 aliphatic heterocycles. The van der Waals surface area contributed by atoms with Crippen LogP contribution in [0.3, 0.4) is 0 Å². The highest BCUT2D eigenvalue weighted by atomic mass is 32.2. The topological polar surface area (TPSA) is 140 Å². The van der Waals surface area contributed by atoms with E-state index in [-0.39, 0.29) is 30.9 Å².